The molecule has 0 atom stereocenters. The average Bonchev–Trinajstić information content (AvgIpc) is 2.40. The third-order valence-electron chi connectivity index (χ3n) is 3.08. The molecule has 0 bridgehead atoms. The van der Waals surface area contributed by atoms with E-state index in [4.69, 9.17) is 0 Å². The summed E-state index contributed by atoms with van der Waals surface area (Å²) in [6.07, 6.45) is 0. The highest BCUT2D eigenvalue weighted by atomic mass is 32.2. The molecule has 0 saturated carbocycles. The maximum absolute atomic E-state index is 12.6. The predicted molar refractivity (Wildman–Crippen MR) is 86.9 cm³/mol. The number of sulfonamides is 1. The highest BCUT2D eigenvalue weighted by molar-refractivity contribution is 7.89. The molecule has 22 heavy (non-hydrogen) atoms. The van der Waals surface area contributed by atoms with Crippen LogP contribution in [0, 0.1) is 0 Å². The van der Waals surface area contributed by atoms with Gasteiger partial charge in [0.2, 0.25) is 20.9 Å². The number of phenolic OH excluding ortho intramolecular Hbond substituents is 1. The summed E-state index contributed by atoms with van der Waals surface area (Å²) < 4.78 is 50.1. The molecule has 7 nitrogen and oxygen atoms in total. The summed E-state index contributed by atoms with van der Waals surface area (Å²) in [5.74, 6) is -0.439. The van der Waals surface area contributed by atoms with Crippen LogP contribution in [0.5, 0.6) is 5.75 Å². The summed E-state index contributed by atoms with van der Waals surface area (Å²) in [6, 6.07) is 2.44. The molecule has 0 fully saturated rings. The molecule has 0 aliphatic heterocycles. The lowest BCUT2D eigenvalue weighted by molar-refractivity contribution is 0.428. The Kier molecular flexibility index (Phi) is 5.98. The molecule has 1 aromatic rings. The van der Waals surface area contributed by atoms with Crippen molar-refractivity contribution in [3.05, 3.63) is 24.3 Å². The van der Waals surface area contributed by atoms with Crippen molar-refractivity contribution in [2.45, 2.75) is 25.7 Å². The van der Waals surface area contributed by atoms with Crippen LogP contribution in [0.3, 0.4) is 0 Å². The summed E-state index contributed by atoms with van der Waals surface area (Å²) in [4.78, 5) is -0.351. The van der Waals surface area contributed by atoms with Gasteiger partial charge in [0, 0.05) is 18.7 Å². The second kappa shape index (κ2) is 7.12. The van der Waals surface area contributed by atoms with Gasteiger partial charge in [-0.1, -0.05) is 20.4 Å². The molecular weight excluding hydrogens is 328 g/mol. The van der Waals surface area contributed by atoms with Crippen molar-refractivity contribution in [2.75, 3.05) is 17.8 Å². The first-order valence-corrected chi connectivity index (χ1v) is 9.20. The van der Waals surface area contributed by atoms with E-state index in [1.165, 1.54) is 10.4 Å². The second-order valence-corrected chi connectivity index (χ2v) is 7.25. The number of hydrogen-bond acceptors (Lipinski definition) is 5. The van der Waals surface area contributed by atoms with Crippen molar-refractivity contribution in [2.24, 2.45) is 0 Å². The number of aromatic hydroxyl groups is 1. The smallest absolute Gasteiger partial charge is 0.246 e. The number of benzene rings is 1. The van der Waals surface area contributed by atoms with Crippen LogP contribution in [0.1, 0.15) is 26.3 Å². The molecule has 0 saturated heterocycles. The number of phenols is 1. The topological polar surface area (TPSA) is 104 Å². The molecule has 0 spiro atoms. The van der Waals surface area contributed by atoms with Gasteiger partial charge < -0.3 is 5.11 Å². The third-order valence-corrected chi connectivity index (χ3v) is 5.58. The van der Waals surface area contributed by atoms with E-state index in [0.717, 1.165) is 6.07 Å². The summed E-state index contributed by atoms with van der Waals surface area (Å²) in [6.45, 7) is 9.07. The van der Waals surface area contributed by atoms with Gasteiger partial charge in [0.1, 0.15) is 10.6 Å². The van der Waals surface area contributed by atoms with E-state index in [1.54, 1.807) is 20.8 Å². The Labute approximate surface area is 132 Å². The Hall–Kier alpha value is -1.58. The second-order valence-electron chi connectivity index (χ2n) is 4.61. The molecule has 0 amide bonds. The lowest BCUT2D eigenvalue weighted by atomic mass is 10.1. The number of nitrogens with zero attached hydrogens (tertiary/aromatic N) is 1. The van der Waals surface area contributed by atoms with Crippen molar-refractivity contribution in [1.82, 2.24) is 4.31 Å². The fourth-order valence-corrected chi connectivity index (χ4v) is 3.93. The van der Waals surface area contributed by atoms with Gasteiger partial charge >= 0.3 is 0 Å². The molecule has 1 aromatic carbocycles. The van der Waals surface area contributed by atoms with Crippen molar-refractivity contribution in [1.29, 1.82) is 0 Å². The number of thiol groups is 1. The number of anilines is 1. The van der Waals surface area contributed by atoms with Crippen LogP contribution in [-0.4, -0.2) is 39.3 Å². The van der Waals surface area contributed by atoms with Crippen molar-refractivity contribution in [3.8, 4) is 5.75 Å². The zero-order valence-electron chi connectivity index (χ0n) is 12.7. The third kappa shape index (κ3) is 3.79. The predicted octanol–water partition coefficient (Wildman–Crippen LogP) is 1.39. The van der Waals surface area contributed by atoms with Crippen LogP contribution < -0.4 is 4.72 Å². The van der Waals surface area contributed by atoms with E-state index in [0.29, 0.717) is 5.57 Å². The SMILES string of the molecule is C=C(C)c1cc(N[SH](=O)=O)cc(S(=O)(=O)N(CC)CC)c1O. The molecule has 2 N–H and O–H groups in total. The average molecular weight is 348 g/mol. The van der Waals surface area contributed by atoms with Crippen LogP contribution in [0.15, 0.2) is 23.6 Å². The molecule has 0 heterocycles. The summed E-state index contributed by atoms with van der Waals surface area (Å²) in [7, 11) is -6.90. The van der Waals surface area contributed by atoms with E-state index >= 15 is 0 Å². The van der Waals surface area contributed by atoms with Gasteiger partial charge in [0.15, 0.2) is 0 Å². The monoisotopic (exact) mass is 348 g/mol. The number of hydrogen-bond donors (Lipinski definition) is 3. The maximum atomic E-state index is 12.6. The molecule has 1 rings (SSSR count). The van der Waals surface area contributed by atoms with Gasteiger partial charge in [-0.25, -0.2) is 16.8 Å². The lowest BCUT2D eigenvalue weighted by Crippen LogP contribution is -2.30. The van der Waals surface area contributed by atoms with Gasteiger partial charge in [-0.05, 0) is 24.6 Å². The fourth-order valence-electron chi connectivity index (χ4n) is 2.00. The van der Waals surface area contributed by atoms with E-state index < -0.39 is 26.7 Å². The Morgan fingerprint density at radius 2 is 1.86 bits per heavy atom. The van der Waals surface area contributed by atoms with Gasteiger partial charge in [-0.2, -0.15) is 4.31 Å². The molecule has 0 aliphatic rings. The summed E-state index contributed by atoms with van der Waals surface area (Å²) in [5, 5.41) is 10.2. The maximum Gasteiger partial charge on any atom is 0.246 e. The fraction of sp³-hybridized carbons (Fsp3) is 0.385. The van der Waals surface area contributed by atoms with Gasteiger partial charge in [0.25, 0.3) is 0 Å². The Morgan fingerprint density at radius 3 is 2.27 bits per heavy atom. The van der Waals surface area contributed by atoms with Crippen molar-refractivity contribution < 1.29 is 21.9 Å². The summed E-state index contributed by atoms with van der Waals surface area (Å²) >= 11 is 0. The van der Waals surface area contributed by atoms with E-state index in [-0.39, 0.29) is 29.2 Å². The van der Waals surface area contributed by atoms with E-state index in [1.807, 2.05) is 0 Å². The van der Waals surface area contributed by atoms with Crippen LogP contribution in [0.4, 0.5) is 5.69 Å². The Balaban J connectivity index is 3.65. The first kappa shape index (κ1) is 18.5. The minimum Gasteiger partial charge on any atom is -0.506 e. The number of allylic oxidation sites excluding steroid dienone is 1. The van der Waals surface area contributed by atoms with E-state index in [9.17, 15) is 21.9 Å². The molecular formula is C13H20N2O5S2. The highest BCUT2D eigenvalue weighted by Gasteiger charge is 2.27. The quantitative estimate of drug-likeness (QED) is 0.510. The molecule has 0 aliphatic carbocycles. The van der Waals surface area contributed by atoms with Crippen LogP contribution in [0.25, 0.3) is 5.57 Å². The van der Waals surface area contributed by atoms with E-state index in [2.05, 4.69) is 11.3 Å². The molecule has 124 valence electrons. The minimum absolute atomic E-state index is 0.0534. The highest BCUT2D eigenvalue weighted by Crippen LogP contribution is 2.35. The molecule has 0 aromatic heterocycles. The van der Waals surface area contributed by atoms with Crippen LogP contribution in [0.2, 0.25) is 0 Å². The van der Waals surface area contributed by atoms with Gasteiger partial charge in [-0.3, -0.25) is 4.72 Å². The molecule has 0 radical (unpaired) electrons. The summed E-state index contributed by atoms with van der Waals surface area (Å²) in [5.41, 5.74) is 0.642. The van der Waals surface area contributed by atoms with Gasteiger partial charge in [-0.15, -0.1) is 0 Å². The first-order chi connectivity index (χ1) is 10.1. The van der Waals surface area contributed by atoms with Crippen molar-refractivity contribution >= 4 is 32.2 Å². The van der Waals surface area contributed by atoms with Gasteiger partial charge in [0.05, 0.1) is 5.69 Å². The Bertz CT molecular complexity index is 742. The number of rotatable bonds is 7. The van der Waals surface area contributed by atoms with Crippen LogP contribution in [-0.2, 0) is 20.9 Å². The lowest BCUT2D eigenvalue weighted by Gasteiger charge is -2.20. The largest absolute Gasteiger partial charge is 0.506 e. The molecule has 9 heteroatoms. The zero-order valence-corrected chi connectivity index (χ0v) is 14.4. The molecule has 0 unspecified atom stereocenters. The zero-order chi connectivity index (χ0) is 17.1. The standard InChI is InChI=1S/C13H20N2O5S2/c1-5-15(6-2)22(19,20)12-8-10(14-21(17)18)7-11(9(3)4)13(12)16/h7-8,16,21H,3,5-6H2,1-2,4H3,(H,14,17,18). The normalized spacial score (nSPS) is 11.9. The first-order valence-electron chi connectivity index (χ1n) is 6.59. The van der Waals surface area contributed by atoms with Crippen LogP contribution >= 0.6 is 0 Å². The van der Waals surface area contributed by atoms with Crippen molar-refractivity contribution in [3.63, 3.8) is 0 Å². The minimum atomic E-state index is -3.94. The Morgan fingerprint density at radius 1 is 1.32 bits per heavy atom. The number of nitrogens with one attached hydrogen (secondary N) is 1.